The molecule has 0 aliphatic rings. The molecule has 0 aromatic heterocycles. The lowest BCUT2D eigenvalue weighted by molar-refractivity contribution is 0.0958. The molecular weight excluding hydrogens is 305 g/mol. The van der Waals surface area contributed by atoms with E-state index in [9.17, 15) is 9.18 Å². The van der Waals surface area contributed by atoms with Crippen LogP contribution in [0, 0.1) is 5.82 Å². The Morgan fingerprint density at radius 1 is 1.18 bits per heavy atom. The zero-order valence-electron chi connectivity index (χ0n) is 13.4. The average Bonchev–Trinajstić information content (AvgIpc) is 2.51. The number of halogens is 2. The maximum Gasteiger partial charge on any atom is 0.255 e. The van der Waals surface area contributed by atoms with E-state index in [4.69, 9.17) is 16.3 Å². The van der Waals surface area contributed by atoms with Crippen LogP contribution >= 0.6 is 11.6 Å². The highest BCUT2D eigenvalue weighted by molar-refractivity contribution is 6.33. The fraction of sp³-hybridized carbons (Fsp3) is 0.588. The smallest absolute Gasteiger partial charge is 0.255 e. The fourth-order valence-corrected chi connectivity index (χ4v) is 2.45. The molecule has 1 aromatic rings. The van der Waals surface area contributed by atoms with Gasteiger partial charge < -0.3 is 10.1 Å². The number of nitrogens with one attached hydrogen (secondary N) is 1. The first-order valence-electron chi connectivity index (χ1n) is 7.94. The van der Waals surface area contributed by atoms with Gasteiger partial charge in [0.25, 0.3) is 5.91 Å². The van der Waals surface area contributed by atoms with Gasteiger partial charge in [0, 0.05) is 7.05 Å². The fourth-order valence-electron chi connectivity index (χ4n) is 2.22. The Kier molecular flexibility index (Phi) is 8.90. The van der Waals surface area contributed by atoms with E-state index in [1.54, 1.807) is 0 Å². The molecule has 0 radical (unpaired) electrons. The summed E-state index contributed by atoms with van der Waals surface area (Å²) in [5, 5.41) is 2.46. The van der Waals surface area contributed by atoms with Gasteiger partial charge in [-0.2, -0.15) is 0 Å². The summed E-state index contributed by atoms with van der Waals surface area (Å²) in [6.45, 7) is 2.64. The van der Waals surface area contributed by atoms with Crippen molar-refractivity contribution in [2.24, 2.45) is 0 Å². The minimum Gasteiger partial charge on any atom is -0.490 e. The molecule has 5 heteroatoms. The van der Waals surface area contributed by atoms with Crippen molar-refractivity contribution in [2.75, 3.05) is 13.7 Å². The highest BCUT2D eigenvalue weighted by atomic mass is 35.5. The van der Waals surface area contributed by atoms with E-state index in [-0.39, 0.29) is 16.3 Å². The molecule has 22 heavy (non-hydrogen) atoms. The van der Waals surface area contributed by atoms with Crippen molar-refractivity contribution < 1.29 is 13.9 Å². The molecule has 0 heterocycles. The predicted molar refractivity (Wildman–Crippen MR) is 88.3 cm³/mol. The van der Waals surface area contributed by atoms with Crippen molar-refractivity contribution in [2.45, 2.75) is 51.9 Å². The Hall–Kier alpha value is -1.29. The summed E-state index contributed by atoms with van der Waals surface area (Å²) in [4.78, 5) is 11.6. The Morgan fingerprint density at radius 2 is 1.82 bits per heavy atom. The highest BCUT2D eigenvalue weighted by Crippen LogP contribution is 2.27. The first-order valence-corrected chi connectivity index (χ1v) is 8.32. The molecule has 1 rings (SSSR count). The van der Waals surface area contributed by atoms with E-state index in [1.807, 2.05) is 0 Å². The Morgan fingerprint density at radius 3 is 2.45 bits per heavy atom. The minimum atomic E-state index is -0.699. The van der Waals surface area contributed by atoms with Gasteiger partial charge in [0.15, 0.2) is 11.6 Å². The molecular formula is C17H25ClFNO2. The maximum atomic E-state index is 14.2. The first kappa shape index (κ1) is 18.8. The van der Waals surface area contributed by atoms with Crippen LogP contribution in [0.1, 0.15) is 62.2 Å². The summed E-state index contributed by atoms with van der Waals surface area (Å²) in [6, 6.07) is 2.95. The molecule has 0 spiro atoms. The molecule has 0 unspecified atom stereocenters. The number of hydrogen-bond donors (Lipinski definition) is 1. The van der Waals surface area contributed by atoms with Crippen molar-refractivity contribution in [1.82, 2.24) is 5.32 Å². The van der Waals surface area contributed by atoms with Crippen molar-refractivity contribution in [1.29, 1.82) is 0 Å². The van der Waals surface area contributed by atoms with Crippen molar-refractivity contribution >= 4 is 17.5 Å². The molecule has 0 bridgehead atoms. The van der Waals surface area contributed by atoms with Crippen LogP contribution in [-0.4, -0.2) is 19.6 Å². The van der Waals surface area contributed by atoms with Gasteiger partial charge in [-0.1, -0.05) is 57.0 Å². The topological polar surface area (TPSA) is 38.3 Å². The Bertz CT molecular complexity index is 480. The standard InChI is InChI=1S/C17H25ClFNO2/c1-3-4-5-6-7-8-9-12-22-14-11-10-13(18)15(16(14)19)17(21)20-2/h10-11H,3-9,12H2,1-2H3,(H,20,21). The molecule has 1 aromatic carbocycles. The van der Waals surface area contributed by atoms with Gasteiger partial charge in [0.05, 0.1) is 17.2 Å². The summed E-state index contributed by atoms with van der Waals surface area (Å²) in [5.41, 5.74) is -0.166. The predicted octanol–water partition coefficient (Wildman–Crippen LogP) is 4.97. The third-order valence-electron chi connectivity index (χ3n) is 3.52. The number of ether oxygens (including phenoxy) is 1. The molecule has 0 atom stereocenters. The monoisotopic (exact) mass is 329 g/mol. The van der Waals surface area contributed by atoms with E-state index >= 15 is 0 Å². The lowest BCUT2D eigenvalue weighted by Gasteiger charge is -2.11. The molecule has 1 amide bonds. The van der Waals surface area contributed by atoms with E-state index in [2.05, 4.69) is 12.2 Å². The van der Waals surface area contributed by atoms with Gasteiger partial charge in [-0.15, -0.1) is 0 Å². The normalized spacial score (nSPS) is 10.5. The van der Waals surface area contributed by atoms with Gasteiger partial charge in [0.2, 0.25) is 0 Å². The van der Waals surface area contributed by atoms with Crippen LogP contribution in [0.2, 0.25) is 5.02 Å². The van der Waals surface area contributed by atoms with Crippen molar-refractivity contribution in [3.05, 3.63) is 28.5 Å². The zero-order chi connectivity index (χ0) is 16.4. The summed E-state index contributed by atoms with van der Waals surface area (Å²) < 4.78 is 19.7. The van der Waals surface area contributed by atoms with Gasteiger partial charge in [0.1, 0.15) is 0 Å². The summed E-state index contributed by atoms with van der Waals surface area (Å²) >= 11 is 5.86. The van der Waals surface area contributed by atoms with Crippen LogP contribution in [-0.2, 0) is 0 Å². The number of unbranched alkanes of at least 4 members (excludes halogenated alkanes) is 6. The minimum absolute atomic E-state index is 0.0778. The largest absolute Gasteiger partial charge is 0.490 e. The molecule has 0 saturated heterocycles. The van der Waals surface area contributed by atoms with E-state index < -0.39 is 11.7 Å². The third kappa shape index (κ3) is 5.84. The number of carbonyl (C=O) groups is 1. The number of carbonyl (C=O) groups excluding carboxylic acids is 1. The second-order valence-corrected chi connectivity index (χ2v) is 5.69. The third-order valence-corrected chi connectivity index (χ3v) is 3.83. The Labute approximate surface area is 137 Å². The van der Waals surface area contributed by atoms with Crippen LogP contribution in [0.15, 0.2) is 12.1 Å². The number of benzene rings is 1. The van der Waals surface area contributed by atoms with E-state index in [1.165, 1.54) is 51.3 Å². The molecule has 0 fully saturated rings. The van der Waals surface area contributed by atoms with Gasteiger partial charge >= 0.3 is 0 Å². The van der Waals surface area contributed by atoms with Crippen LogP contribution in [0.4, 0.5) is 4.39 Å². The van der Waals surface area contributed by atoms with Crippen LogP contribution in [0.25, 0.3) is 0 Å². The van der Waals surface area contributed by atoms with Crippen LogP contribution in [0.3, 0.4) is 0 Å². The molecule has 0 aliphatic carbocycles. The summed E-state index contributed by atoms with van der Waals surface area (Å²) in [5.74, 6) is -1.17. The first-order chi connectivity index (χ1) is 10.6. The van der Waals surface area contributed by atoms with Gasteiger partial charge in [-0.3, -0.25) is 4.79 Å². The molecule has 0 aliphatic heterocycles. The molecule has 1 N–H and O–H groups in total. The van der Waals surface area contributed by atoms with Crippen molar-refractivity contribution in [3.8, 4) is 5.75 Å². The average molecular weight is 330 g/mol. The van der Waals surface area contributed by atoms with Gasteiger partial charge in [-0.05, 0) is 18.6 Å². The van der Waals surface area contributed by atoms with Crippen molar-refractivity contribution in [3.63, 3.8) is 0 Å². The lowest BCUT2D eigenvalue weighted by atomic mass is 10.1. The SMILES string of the molecule is CCCCCCCCCOc1ccc(Cl)c(C(=O)NC)c1F. The second kappa shape index (κ2) is 10.4. The van der Waals surface area contributed by atoms with Crippen LogP contribution < -0.4 is 10.1 Å². The summed E-state index contributed by atoms with van der Waals surface area (Å²) in [6.07, 6.45) is 8.17. The number of amides is 1. The molecule has 124 valence electrons. The second-order valence-electron chi connectivity index (χ2n) is 5.28. The number of rotatable bonds is 10. The number of hydrogen-bond acceptors (Lipinski definition) is 2. The maximum absolute atomic E-state index is 14.2. The van der Waals surface area contributed by atoms with E-state index in [0.29, 0.717) is 6.61 Å². The van der Waals surface area contributed by atoms with E-state index in [0.717, 1.165) is 12.8 Å². The summed E-state index contributed by atoms with van der Waals surface area (Å²) in [7, 11) is 1.43. The lowest BCUT2D eigenvalue weighted by Crippen LogP contribution is -2.20. The zero-order valence-corrected chi connectivity index (χ0v) is 14.1. The van der Waals surface area contributed by atoms with Crippen LogP contribution in [0.5, 0.6) is 5.75 Å². The molecule has 0 saturated carbocycles. The quantitative estimate of drug-likeness (QED) is 0.615. The van der Waals surface area contributed by atoms with Gasteiger partial charge in [-0.25, -0.2) is 4.39 Å². The highest BCUT2D eigenvalue weighted by Gasteiger charge is 2.19. The molecule has 3 nitrogen and oxygen atoms in total. The Balaban J connectivity index is 2.42.